The molecule has 2 rings (SSSR count). The zero-order valence-corrected chi connectivity index (χ0v) is 11.6. The van der Waals surface area contributed by atoms with E-state index in [4.69, 9.17) is 0 Å². The third-order valence-electron chi connectivity index (χ3n) is 2.65. The lowest BCUT2D eigenvalue weighted by Gasteiger charge is -2.06. The monoisotopic (exact) mass is 307 g/mol. The molecular formula is C13H14BrN3O. The summed E-state index contributed by atoms with van der Waals surface area (Å²) in [4.78, 5) is 11.7. The lowest BCUT2D eigenvalue weighted by Crippen LogP contribution is -2.15. The Hall–Kier alpha value is -1.62. The molecule has 0 aliphatic rings. The van der Waals surface area contributed by atoms with Crippen LogP contribution in [-0.4, -0.2) is 15.7 Å². The van der Waals surface area contributed by atoms with Gasteiger partial charge in [-0.3, -0.25) is 9.48 Å². The Kier molecular flexibility index (Phi) is 4.15. The zero-order chi connectivity index (χ0) is 13.0. The standard InChI is InChI=1S/C13H14BrN3O/c1-10-12(14)9-15-17(10)8-7-13(18)16-11-5-3-2-4-6-11/h2-6,9H,7-8H2,1H3,(H,16,18). The van der Waals surface area contributed by atoms with Crippen LogP contribution < -0.4 is 5.32 Å². The van der Waals surface area contributed by atoms with Gasteiger partial charge in [0.15, 0.2) is 0 Å². The van der Waals surface area contributed by atoms with Gasteiger partial charge in [-0.1, -0.05) is 18.2 Å². The fraction of sp³-hybridized carbons (Fsp3) is 0.231. The van der Waals surface area contributed by atoms with E-state index in [0.717, 1.165) is 15.9 Å². The molecule has 1 amide bonds. The smallest absolute Gasteiger partial charge is 0.226 e. The number of hydrogen-bond acceptors (Lipinski definition) is 2. The number of rotatable bonds is 4. The third-order valence-corrected chi connectivity index (χ3v) is 3.43. The largest absolute Gasteiger partial charge is 0.326 e. The van der Waals surface area contributed by atoms with Gasteiger partial charge in [-0.05, 0) is 35.0 Å². The molecule has 1 aromatic heterocycles. The summed E-state index contributed by atoms with van der Waals surface area (Å²) in [7, 11) is 0. The Morgan fingerprint density at radius 1 is 1.39 bits per heavy atom. The minimum Gasteiger partial charge on any atom is -0.326 e. The van der Waals surface area contributed by atoms with Crippen LogP contribution in [0.1, 0.15) is 12.1 Å². The SMILES string of the molecule is Cc1c(Br)cnn1CCC(=O)Nc1ccccc1. The van der Waals surface area contributed by atoms with Crippen molar-refractivity contribution in [3.8, 4) is 0 Å². The average Bonchev–Trinajstić information content (AvgIpc) is 2.69. The molecular weight excluding hydrogens is 294 g/mol. The number of para-hydroxylation sites is 1. The lowest BCUT2D eigenvalue weighted by molar-refractivity contribution is -0.116. The first-order valence-electron chi connectivity index (χ1n) is 5.69. The summed E-state index contributed by atoms with van der Waals surface area (Å²) in [6, 6.07) is 9.44. The first-order chi connectivity index (χ1) is 8.66. The lowest BCUT2D eigenvalue weighted by atomic mass is 10.3. The number of benzene rings is 1. The number of hydrogen-bond donors (Lipinski definition) is 1. The van der Waals surface area contributed by atoms with Crippen molar-refractivity contribution >= 4 is 27.5 Å². The summed E-state index contributed by atoms with van der Waals surface area (Å²) >= 11 is 3.39. The molecule has 94 valence electrons. The van der Waals surface area contributed by atoms with Crippen molar-refractivity contribution in [3.63, 3.8) is 0 Å². The van der Waals surface area contributed by atoms with Gasteiger partial charge in [0.25, 0.3) is 0 Å². The molecule has 0 radical (unpaired) electrons. The van der Waals surface area contributed by atoms with E-state index in [9.17, 15) is 4.79 Å². The Balaban J connectivity index is 1.87. The highest BCUT2D eigenvalue weighted by molar-refractivity contribution is 9.10. The van der Waals surface area contributed by atoms with E-state index in [2.05, 4.69) is 26.3 Å². The van der Waals surface area contributed by atoms with Gasteiger partial charge in [0.1, 0.15) is 0 Å². The van der Waals surface area contributed by atoms with E-state index >= 15 is 0 Å². The first-order valence-corrected chi connectivity index (χ1v) is 6.49. The van der Waals surface area contributed by atoms with Crippen LogP contribution in [0.5, 0.6) is 0 Å². The van der Waals surface area contributed by atoms with Crippen molar-refractivity contribution in [1.82, 2.24) is 9.78 Å². The van der Waals surface area contributed by atoms with Crippen LogP contribution in [0.15, 0.2) is 41.0 Å². The number of amides is 1. The summed E-state index contributed by atoms with van der Waals surface area (Å²) in [5.41, 5.74) is 1.85. The van der Waals surface area contributed by atoms with Crippen molar-refractivity contribution in [2.24, 2.45) is 0 Å². The number of aromatic nitrogens is 2. The summed E-state index contributed by atoms with van der Waals surface area (Å²) in [6.45, 7) is 2.54. The van der Waals surface area contributed by atoms with Crippen LogP contribution in [0.25, 0.3) is 0 Å². The maximum atomic E-state index is 11.7. The number of carbonyl (C=O) groups excluding carboxylic acids is 1. The highest BCUT2D eigenvalue weighted by Gasteiger charge is 2.06. The summed E-state index contributed by atoms with van der Waals surface area (Å²) < 4.78 is 2.78. The molecule has 0 aliphatic carbocycles. The molecule has 0 saturated heterocycles. The number of halogens is 1. The normalized spacial score (nSPS) is 10.3. The van der Waals surface area contributed by atoms with Gasteiger partial charge in [0.05, 0.1) is 17.2 Å². The van der Waals surface area contributed by atoms with E-state index in [0.29, 0.717) is 13.0 Å². The molecule has 2 aromatic rings. The average molecular weight is 308 g/mol. The highest BCUT2D eigenvalue weighted by Crippen LogP contribution is 2.14. The molecule has 0 spiro atoms. The number of anilines is 1. The Morgan fingerprint density at radius 2 is 2.11 bits per heavy atom. The molecule has 1 N–H and O–H groups in total. The van der Waals surface area contributed by atoms with Gasteiger partial charge in [-0.2, -0.15) is 5.10 Å². The quantitative estimate of drug-likeness (QED) is 0.944. The third kappa shape index (κ3) is 3.20. The topological polar surface area (TPSA) is 46.9 Å². The molecule has 0 fully saturated rings. The van der Waals surface area contributed by atoms with Crippen molar-refractivity contribution in [2.75, 3.05) is 5.32 Å². The molecule has 4 nitrogen and oxygen atoms in total. The van der Waals surface area contributed by atoms with Crippen LogP contribution in [0, 0.1) is 6.92 Å². The molecule has 0 unspecified atom stereocenters. The van der Waals surface area contributed by atoms with Crippen molar-refractivity contribution < 1.29 is 4.79 Å². The summed E-state index contributed by atoms with van der Waals surface area (Å²) in [6.07, 6.45) is 2.15. The number of nitrogens with one attached hydrogen (secondary N) is 1. The molecule has 0 atom stereocenters. The Labute approximate surface area is 114 Å². The van der Waals surface area contributed by atoms with E-state index < -0.39 is 0 Å². The maximum Gasteiger partial charge on any atom is 0.226 e. The fourth-order valence-electron chi connectivity index (χ4n) is 1.60. The number of carbonyl (C=O) groups is 1. The Morgan fingerprint density at radius 3 is 2.72 bits per heavy atom. The van der Waals surface area contributed by atoms with Gasteiger partial charge < -0.3 is 5.32 Å². The van der Waals surface area contributed by atoms with E-state index in [1.807, 2.05) is 41.9 Å². The molecule has 18 heavy (non-hydrogen) atoms. The van der Waals surface area contributed by atoms with E-state index in [-0.39, 0.29) is 5.91 Å². The summed E-state index contributed by atoms with van der Waals surface area (Å²) in [5, 5.41) is 7.03. The second-order valence-electron chi connectivity index (χ2n) is 3.97. The fourth-order valence-corrected chi connectivity index (χ4v) is 1.90. The molecule has 1 heterocycles. The number of aryl methyl sites for hydroxylation is 1. The van der Waals surface area contributed by atoms with E-state index in [1.165, 1.54) is 0 Å². The minimum absolute atomic E-state index is 0.00720. The molecule has 5 heteroatoms. The molecule has 0 saturated carbocycles. The maximum absolute atomic E-state index is 11.7. The molecule has 0 bridgehead atoms. The van der Waals surface area contributed by atoms with E-state index in [1.54, 1.807) is 6.20 Å². The molecule has 0 aliphatic heterocycles. The summed E-state index contributed by atoms with van der Waals surface area (Å²) in [5.74, 6) is -0.00720. The number of nitrogens with zero attached hydrogens (tertiary/aromatic N) is 2. The van der Waals surface area contributed by atoms with Gasteiger partial charge in [-0.15, -0.1) is 0 Å². The minimum atomic E-state index is -0.00720. The second-order valence-corrected chi connectivity index (χ2v) is 4.82. The second kappa shape index (κ2) is 5.82. The van der Waals surface area contributed by atoms with Crippen LogP contribution >= 0.6 is 15.9 Å². The molecule has 1 aromatic carbocycles. The van der Waals surface area contributed by atoms with Gasteiger partial charge in [-0.25, -0.2) is 0 Å². The predicted octanol–water partition coefficient (Wildman–Crippen LogP) is 2.98. The first kappa shape index (κ1) is 12.8. The van der Waals surface area contributed by atoms with Gasteiger partial charge in [0.2, 0.25) is 5.91 Å². The van der Waals surface area contributed by atoms with Crippen molar-refractivity contribution in [3.05, 3.63) is 46.7 Å². The predicted molar refractivity (Wildman–Crippen MR) is 74.4 cm³/mol. The highest BCUT2D eigenvalue weighted by atomic mass is 79.9. The van der Waals surface area contributed by atoms with Crippen LogP contribution in [0.4, 0.5) is 5.69 Å². The zero-order valence-electron chi connectivity index (χ0n) is 10.1. The van der Waals surface area contributed by atoms with Crippen LogP contribution in [-0.2, 0) is 11.3 Å². The van der Waals surface area contributed by atoms with Crippen LogP contribution in [0.2, 0.25) is 0 Å². The van der Waals surface area contributed by atoms with Crippen LogP contribution in [0.3, 0.4) is 0 Å². The van der Waals surface area contributed by atoms with Gasteiger partial charge in [0, 0.05) is 17.8 Å². The van der Waals surface area contributed by atoms with Crippen molar-refractivity contribution in [2.45, 2.75) is 19.9 Å². The Bertz CT molecular complexity index is 536. The van der Waals surface area contributed by atoms with Crippen molar-refractivity contribution in [1.29, 1.82) is 0 Å². The van der Waals surface area contributed by atoms with Gasteiger partial charge >= 0.3 is 0 Å².